The highest BCUT2D eigenvalue weighted by atomic mass is 79.9. The smallest absolute Gasteiger partial charge is 0.338 e. The fourth-order valence-corrected chi connectivity index (χ4v) is 2.20. The van der Waals surface area contributed by atoms with Crippen LogP contribution in [0, 0.1) is 5.82 Å². The minimum Gasteiger partial charge on any atom is -0.478 e. The molecule has 0 unspecified atom stereocenters. The van der Waals surface area contributed by atoms with Crippen molar-refractivity contribution in [3.8, 4) is 0 Å². The van der Waals surface area contributed by atoms with E-state index in [1.54, 1.807) is 18.2 Å². The number of aromatic carboxylic acids is 1. The van der Waals surface area contributed by atoms with Gasteiger partial charge in [0.05, 0.1) is 5.69 Å². The summed E-state index contributed by atoms with van der Waals surface area (Å²) in [6, 6.07) is 5.97. The second kappa shape index (κ2) is 5.54. The van der Waals surface area contributed by atoms with Crippen molar-refractivity contribution in [1.82, 2.24) is 4.98 Å². The van der Waals surface area contributed by atoms with Crippen molar-refractivity contribution in [1.29, 1.82) is 0 Å². The number of pyridine rings is 1. The van der Waals surface area contributed by atoms with Crippen LogP contribution in [0.3, 0.4) is 0 Å². The molecule has 98 valence electrons. The van der Waals surface area contributed by atoms with Gasteiger partial charge in [-0.05, 0) is 40.2 Å². The van der Waals surface area contributed by atoms with Crippen molar-refractivity contribution >= 4 is 45.0 Å². The summed E-state index contributed by atoms with van der Waals surface area (Å²) >= 11 is 9.06. The number of benzene rings is 1. The summed E-state index contributed by atoms with van der Waals surface area (Å²) in [5.41, 5.74) is 0.0842. The van der Waals surface area contributed by atoms with Crippen LogP contribution in [0.4, 0.5) is 15.9 Å². The number of hydrogen-bond acceptors (Lipinski definition) is 3. The molecule has 0 aliphatic rings. The van der Waals surface area contributed by atoms with E-state index in [1.165, 1.54) is 6.20 Å². The first kappa shape index (κ1) is 13.8. The molecule has 4 nitrogen and oxygen atoms in total. The quantitative estimate of drug-likeness (QED) is 0.880. The fraction of sp³-hybridized carbons (Fsp3) is 0. The minimum atomic E-state index is -1.35. The second-order valence-electron chi connectivity index (χ2n) is 3.58. The maximum absolute atomic E-state index is 13.9. The van der Waals surface area contributed by atoms with Gasteiger partial charge in [-0.1, -0.05) is 11.6 Å². The van der Waals surface area contributed by atoms with Gasteiger partial charge in [0.1, 0.15) is 5.56 Å². The zero-order valence-corrected chi connectivity index (χ0v) is 11.7. The molecular formula is C12H7BrClFN2O2. The molecule has 0 fully saturated rings. The topological polar surface area (TPSA) is 62.2 Å². The first-order chi connectivity index (χ1) is 8.99. The molecule has 0 spiro atoms. The molecule has 1 heterocycles. The van der Waals surface area contributed by atoms with Gasteiger partial charge < -0.3 is 10.4 Å². The molecule has 0 bridgehead atoms. The summed E-state index contributed by atoms with van der Waals surface area (Å²) in [4.78, 5) is 14.6. The average molecular weight is 346 g/mol. The predicted octanol–water partition coefficient (Wildman–Crippen LogP) is 4.08. The van der Waals surface area contributed by atoms with Crippen LogP contribution in [0.15, 0.2) is 34.9 Å². The van der Waals surface area contributed by atoms with E-state index in [1.807, 2.05) is 0 Å². The molecule has 0 amide bonds. The van der Waals surface area contributed by atoms with Gasteiger partial charge >= 0.3 is 5.97 Å². The van der Waals surface area contributed by atoms with Crippen molar-refractivity contribution in [3.63, 3.8) is 0 Å². The molecule has 0 atom stereocenters. The Morgan fingerprint density at radius 2 is 2.16 bits per heavy atom. The number of carboxylic acids is 1. The van der Waals surface area contributed by atoms with Crippen molar-refractivity contribution in [2.75, 3.05) is 5.32 Å². The molecule has 1 aromatic carbocycles. The molecule has 2 aromatic rings. The third kappa shape index (κ3) is 3.02. The van der Waals surface area contributed by atoms with Crippen LogP contribution in [-0.2, 0) is 0 Å². The molecule has 0 saturated heterocycles. The van der Waals surface area contributed by atoms with E-state index < -0.39 is 17.3 Å². The summed E-state index contributed by atoms with van der Waals surface area (Å²) in [5.74, 6) is -2.43. The predicted molar refractivity (Wildman–Crippen MR) is 73.6 cm³/mol. The summed E-state index contributed by atoms with van der Waals surface area (Å²) < 4.78 is 14.5. The Bertz CT molecular complexity index is 652. The van der Waals surface area contributed by atoms with Crippen molar-refractivity contribution in [2.24, 2.45) is 0 Å². The maximum Gasteiger partial charge on any atom is 0.338 e. The third-order valence-electron chi connectivity index (χ3n) is 2.30. The van der Waals surface area contributed by atoms with Crippen molar-refractivity contribution in [3.05, 3.63) is 51.3 Å². The Kier molecular flexibility index (Phi) is 4.01. The number of nitrogens with one attached hydrogen (secondary N) is 1. The molecule has 2 N–H and O–H groups in total. The van der Waals surface area contributed by atoms with Crippen LogP contribution in [-0.4, -0.2) is 16.1 Å². The first-order valence-electron chi connectivity index (χ1n) is 5.09. The number of halogens is 3. The van der Waals surface area contributed by atoms with Crippen LogP contribution in [0.5, 0.6) is 0 Å². The molecule has 19 heavy (non-hydrogen) atoms. The molecular weight excluding hydrogens is 338 g/mol. The van der Waals surface area contributed by atoms with E-state index in [0.717, 1.165) is 6.07 Å². The van der Waals surface area contributed by atoms with E-state index in [2.05, 4.69) is 26.2 Å². The maximum atomic E-state index is 13.9. The van der Waals surface area contributed by atoms with Gasteiger partial charge in [-0.2, -0.15) is 0 Å². The van der Waals surface area contributed by atoms with Gasteiger partial charge in [-0.15, -0.1) is 0 Å². The van der Waals surface area contributed by atoms with E-state index in [0.29, 0.717) is 15.2 Å². The number of rotatable bonds is 3. The number of nitrogens with zero attached hydrogens (tertiary/aromatic N) is 1. The standard InChI is InChI=1S/C12H7BrClFN2O2/c13-8-5-6(14)1-2-9(8)17-11-10(15)7(12(18)19)3-4-16-11/h1-5H,(H,16,17)(H,18,19). The van der Waals surface area contributed by atoms with Crippen molar-refractivity contribution in [2.45, 2.75) is 0 Å². The molecule has 0 saturated carbocycles. The van der Waals surface area contributed by atoms with Gasteiger partial charge in [-0.25, -0.2) is 14.2 Å². The highest BCUT2D eigenvalue weighted by Crippen LogP contribution is 2.29. The van der Waals surface area contributed by atoms with Crippen LogP contribution >= 0.6 is 27.5 Å². The second-order valence-corrected chi connectivity index (χ2v) is 4.87. The molecule has 0 aliphatic heterocycles. The largest absolute Gasteiger partial charge is 0.478 e. The summed E-state index contributed by atoms with van der Waals surface area (Å²) in [6.07, 6.45) is 1.22. The highest BCUT2D eigenvalue weighted by Gasteiger charge is 2.15. The number of hydrogen-bond donors (Lipinski definition) is 2. The van der Waals surface area contributed by atoms with E-state index >= 15 is 0 Å². The number of anilines is 2. The Hall–Kier alpha value is -1.66. The number of carbonyl (C=O) groups is 1. The zero-order chi connectivity index (χ0) is 14.0. The Morgan fingerprint density at radius 3 is 2.79 bits per heavy atom. The first-order valence-corrected chi connectivity index (χ1v) is 6.26. The monoisotopic (exact) mass is 344 g/mol. The van der Waals surface area contributed by atoms with E-state index in [4.69, 9.17) is 16.7 Å². The van der Waals surface area contributed by atoms with Crippen LogP contribution < -0.4 is 5.32 Å². The summed E-state index contributed by atoms with van der Waals surface area (Å²) in [6.45, 7) is 0. The van der Waals surface area contributed by atoms with Gasteiger partial charge in [0.25, 0.3) is 0 Å². The Morgan fingerprint density at radius 1 is 1.42 bits per heavy atom. The molecule has 1 aromatic heterocycles. The lowest BCUT2D eigenvalue weighted by Crippen LogP contribution is -2.05. The molecule has 7 heteroatoms. The molecule has 0 radical (unpaired) electrons. The molecule has 0 aliphatic carbocycles. The summed E-state index contributed by atoms with van der Waals surface area (Å²) in [5, 5.41) is 12.1. The number of aromatic nitrogens is 1. The number of carboxylic acid groups (broad SMARTS) is 1. The van der Waals surface area contributed by atoms with Crippen molar-refractivity contribution < 1.29 is 14.3 Å². The van der Waals surface area contributed by atoms with Crippen LogP contribution in [0.1, 0.15) is 10.4 Å². The zero-order valence-electron chi connectivity index (χ0n) is 9.32. The Balaban J connectivity index is 2.38. The van der Waals surface area contributed by atoms with Gasteiger partial charge in [0.2, 0.25) is 0 Å². The summed E-state index contributed by atoms with van der Waals surface area (Å²) in [7, 11) is 0. The van der Waals surface area contributed by atoms with Gasteiger partial charge in [0.15, 0.2) is 11.6 Å². The normalized spacial score (nSPS) is 10.3. The fourth-order valence-electron chi connectivity index (χ4n) is 1.41. The molecule has 2 rings (SSSR count). The van der Waals surface area contributed by atoms with Gasteiger partial charge in [0, 0.05) is 15.7 Å². The van der Waals surface area contributed by atoms with E-state index in [9.17, 15) is 9.18 Å². The lowest BCUT2D eigenvalue weighted by molar-refractivity contribution is 0.0692. The average Bonchev–Trinajstić information content (AvgIpc) is 2.34. The lowest BCUT2D eigenvalue weighted by atomic mass is 10.2. The highest BCUT2D eigenvalue weighted by molar-refractivity contribution is 9.10. The lowest BCUT2D eigenvalue weighted by Gasteiger charge is -2.09. The SMILES string of the molecule is O=C(O)c1ccnc(Nc2ccc(Cl)cc2Br)c1F. The van der Waals surface area contributed by atoms with E-state index in [-0.39, 0.29) is 5.82 Å². The van der Waals surface area contributed by atoms with Gasteiger partial charge in [-0.3, -0.25) is 0 Å². The van der Waals surface area contributed by atoms with Crippen LogP contribution in [0.2, 0.25) is 5.02 Å². The Labute approximate surface area is 121 Å². The minimum absolute atomic E-state index is 0.164. The van der Waals surface area contributed by atoms with Crippen LogP contribution in [0.25, 0.3) is 0 Å². The third-order valence-corrected chi connectivity index (χ3v) is 3.20.